The minimum absolute atomic E-state index is 0.171. The summed E-state index contributed by atoms with van der Waals surface area (Å²) in [5.41, 5.74) is 2.66. The number of carbonyl (C=O) groups is 1. The van der Waals surface area contributed by atoms with Crippen LogP contribution in [-0.2, 0) is 11.2 Å². The summed E-state index contributed by atoms with van der Waals surface area (Å²) in [6, 6.07) is 9.64. The molecule has 124 valence electrons. The first kappa shape index (κ1) is 15.2. The lowest BCUT2D eigenvalue weighted by Gasteiger charge is -2.33. The summed E-state index contributed by atoms with van der Waals surface area (Å²) in [7, 11) is 1.97. The lowest BCUT2D eigenvalue weighted by atomic mass is 9.85. The van der Waals surface area contributed by atoms with Crippen molar-refractivity contribution in [1.29, 1.82) is 0 Å². The first-order valence-electron chi connectivity index (χ1n) is 9.13. The van der Waals surface area contributed by atoms with Gasteiger partial charge < -0.3 is 4.90 Å². The monoisotopic (exact) mass is 312 g/mol. The summed E-state index contributed by atoms with van der Waals surface area (Å²) in [6.45, 7) is 6.55. The van der Waals surface area contributed by atoms with Gasteiger partial charge in [0.2, 0.25) is 5.91 Å². The highest BCUT2D eigenvalue weighted by Gasteiger charge is 2.64. The zero-order chi connectivity index (χ0) is 16.2. The molecule has 3 aliphatic heterocycles. The maximum absolute atomic E-state index is 12.8. The number of carbonyl (C=O) groups excluding carboxylic acids is 1. The topological polar surface area (TPSA) is 23.6 Å². The number of amides is 1. The molecule has 3 nitrogen and oxygen atoms in total. The van der Waals surface area contributed by atoms with Crippen LogP contribution < -0.4 is 0 Å². The Bertz CT molecular complexity index is 609. The lowest BCUT2D eigenvalue weighted by Crippen LogP contribution is -2.49. The van der Waals surface area contributed by atoms with Crippen molar-refractivity contribution >= 4 is 5.91 Å². The second-order valence-corrected chi connectivity index (χ2v) is 8.19. The van der Waals surface area contributed by atoms with Gasteiger partial charge in [0, 0.05) is 25.6 Å². The molecular weight excluding hydrogens is 284 g/mol. The molecule has 1 aromatic carbocycles. The summed E-state index contributed by atoms with van der Waals surface area (Å²) >= 11 is 0. The fourth-order valence-corrected chi connectivity index (χ4v) is 5.36. The van der Waals surface area contributed by atoms with Gasteiger partial charge in [-0.1, -0.05) is 38.1 Å². The third kappa shape index (κ3) is 2.16. The van der Waals surface area contributed by atoms with Crippen molar-refractivity contribution in [2.75, 3.05) is 20.1 Å². The fraction of sp³-hybridized carbons (Fsp3) is 0.650. The zero-order valence-corrected chi connectivity index (χ0v) is 14.6. The predicted molar refractivity (Wildman–Crippen MR) is 92.1 cm³/mol. The molecule has 0 radical (unpaired) electrons. The molecule has 3 atom stereocenters. The molecule has 0 bridgehead atoms. The van der Waals surface area contributed by atoms with Gasteiger partial charge >= 0.3 is 0 Å². The Morgan fingerprint density at radius 2 is 2.00 bits per heavy atom. The second-order valence-electron chi connectivity index (χ2n) is 8.19. The summed E-state index contributed by atoms with van der Waals surface area (Å²) < 4.78 is 0. The van der Waals surface area contributed by atoms with Crippen molar-refractivity contribution in [2.45, 2.75) is 51.1 Å². The minimum Gasteiger partial charge on any atom is -0.344 e. The molecule has 23 heavy (non-hydrogen) atoms. The Kier molecular flexibility index (Phi) is 3.53. The van der Waals surface area contributed by atoms with Gasteiger partial charge in [0.05, 0.1) is 0 Å². The van der Waals surface area contributed by atoms with Crippen molar-refractivity contribution in [3.05, 3.63) is 35.4 Å². The van der Waals surface area contributed by atoms with Crippen LogP contribution in [0.15, 0.2) is 24.3 Å². The number of likely N-dealkylation sites (tertiary alicyclic amines) is 1. The molecule has 3 heteroatoms. The van der Waals surface area contributed by atoms with Crippen LogP contribution in [0.5, 0.6) is 0 Å². The van der Waals surface area contributed by atoms with E-state index in [1.165, 1.54) is 11.1 Å². The number of likely N-dealkylation sites (N-methyl/N-ethyl adjacent to an activating group) is 1. The standard InChI is InChI=1S/C20H28N2O/c1-14(2)11-15-5-7-16(8-6-15)18-12-17-13-21(3)19(23)20(17)9-4-10-22(18)20/h5-8,14,17-18H,4,9-13H2,1-3H3/t17-,18-,20-/m0/s1. The SMILES string of the molecule is CC(C)Cc1ccc([C@@H]2C[C@H]3CN(C)C(=O)[C@]34CCCN24)cc1. The van der Waals surface area contributed by atoms with Crippen molar-refractivity contribution in [2.24, 2.45) is 11.8 Å². The number of hydrogen-bond donors (Lipinski definition) is 0. The summed E-state index contributed by atoms with van der Waals surface area (Å²) in [5, 5.41) is 0. The molecule has 0 unspecified atom stereocenters. The first-order valence-corrected chi connectivity index (χ1v) is 9.13. The molecular formula is C20H28N2O. The first-order chi connectivity index (χ1) is 11.0. The molecule has 3 saturated heterocycles. The molecule has 1 amide bonds. The molecule has 0 saturated carbocycles. The lowest BCUT2D eigenvalue weighted by molar-refractivity contribution is -0.135. The average Bonchev–Trinajstić information content (AvgIpc) is 3.12. The van der Waals surface area contributed by atoms with E-state index in [2.05, 4.69) is 43.0 Å². The molecule has 3 heterocycles. The second kappa shape index (κ2) is 5.34. The van der Waals surface area contributed by atoms with Gasteiger partial charge in [-0.05, 0) is 49.3 Å². The number of benzene rings is 1. The van der Waals surface area contributed by atoms with Gasteiger partial charge in [-0.3, -0.25) is 9.69 Å². The van der Waals surface area contributed by atoms with E-state index in [-0.39, 0.29) is 5.54 Å². The van der Waals surface area contributed by atoms with Crippen LogP contribution >= 0.6 is 0 Å². The maximum Gasteiger partial charge on any atom is 0.243 e. The van der Waals surface area contributed by atoms with Gasteiger partial charge in [0.1, 0.15) is 5.54 Å². The molecule has 1 spiro atoms. The minimum atomic E-state index is -0.171. The highest BCUT2D eigenvalue weighted by molar-refractivity contribution is 5.90. The number of hydrogen-bond acceptors (Lipinski definition) is 2. The smallest absolute Gasteiger partial charge is 0.243 e. The van der Waals surface area contributed by atoms with Gasteiger partial charge in [0.25, 0.3) is 0 Å². The average molecular weight is 312 g/mol. The Balaban J connectivity index is 1.61. The van der Waals surface area contributed by atoms with Crippen molar-refractivity contribution in [1.82, 2.24) is 9.80 Å². The Morgan fingerprint density at radius 1 is 1.26 bits per heavy atom. The third-order valence-corrected chi connectivity index (χ3v) is 6.25. The van der Waals surface area contributed by atoms with Crippen LogP contribution in [0.25, 0.3) is 0 Å². The van der Waals surface area contributed by atoms with E-state index in [1.54, 1.807) is 0 Å². The van der Waals surface area contributed by atoms with Gasteiger partial charge in [-0.15, -0.1) is 0 Å². The van der Waals surface area contributed by atoms with E-state index in [1.807, 2.05) is 11.9 Å². The van der Waals surface area contributed by atoms with Crippen LogP contribution in [-0.4, -0.2) is 41.4 Å². The van der Waals surface area contributed by atoms with E-state index >= 15 is 0 Å². The summed E-state index contributed by atoms with van der Waals surface area (Å²) in [6.07, 6.45) is 4.50. The molecule has 1 aromatic rings. The molecule has 3 aliphatic rings. The van der Waals surface area contributed by atoms with Crippen LogP contribution in [0.3, 0.4) is 0 Å². The Labute approximate surface area is 139 Å². The van der Waals surface area contributed by atoms with E-state index < -0.39 is 0 Å². The molecule has 0 aliphatic carbocycles. The maximum atomic E-state index is 12.8. The van der Waals surface area contributed by atoms with Crippen molar-refractivity contribution < 1.29 is 4.79 Å². The molecule has 0 aromatic heterocycles. The van der Waals surface area contributed by atoms with E-state index in [9.17, 15) is 4.79 Å². The number of nitrogens with zero attached hydrogens (tertiary/aromatic N) is 2. The van der Waals surface area contributed by atoms with Crippen LogP contribution in [0.1, 0.15) is 50.3 Å². The molecule has 0 N–H and O–H groups in total. The van der Waals surface area contributed by atoms with Gasteiger partial charge in [-0.2, -0.15) is 0 Å². The van der Waals surface area contributed by atoms with E-state index in [0.29, 0.717) is 23.8 Å². The predicted octanol–water partition coefficient (Wildman–Crippen LogP) is 3.25. The Hall–Kier alpha value is -1.35. The fourth-order valence-electron chi connectivity index (χ4n) is 5.36. The van der Waals surface area contributed by atoms with Crippen LogP contribution in [0.4, 0.5) is 0 Å². The van der Waals surface area contributed by atoms with Crippen molar-refractivity contribution in [3.63, 3.8) is 0 Å². The zero-order valence-electron chi connectivity index (χ0n) is 14.6. The normalized spacial score (nSPS) is 33.6. The molecule has 3 fully saturated rings. The van der Waals surface area contributed by atoms with Gasteiger partial charge in [-0.25, -0.2) is 0 Å². The summed E-state index contributed by atoms with van der Waals surface area (Å²) in [4.78, 5) is 17.3. The van der Waals surface area contributed by atoms with Gasteiger partial charge in [0.15, 0.2) is 0 Å². The van der Waals surface area contributed by atoms with Crippen molar-refractivity contribution in [3.8, 4) is 0 Å². The largest absolute Gasteiger partial charge is 0.344 e. The quantitative estimate of drug-likeness (QED) is 0.855. The molecule has 4 rings (SSSR count). The van der Waals surface area contributed by atoms with E-state index in [4.69, 9.17) is 0 Å². The number of rotatable bonds is 3. The summed E-state index contributed by atoms with van der Waals surface area (Å²) in [5.74, 6) is 1.59. The highest BCUT2D eigenvalue weighted by atomic mass is 16.2. The van der Waals surface area contributed by atoms with Crippen LogP contribution in [0.2, 0.25) is 0 Å². The van der Waals surface area contributed by atoms with E-state index in [0.717, 1.165) is 38.8 Å². The highest BCUT2D eigenvalue weighted by Crippen LogP contribution is 2.55. The Morgan fingerprint density at radius 3 is 2.70 bits per heavy atom. The van der Waals surface area contributed by atoms with Crippen LogP contribution in [0, 0.1) is 11.8 Å². The third-order valence-electron chi connectivity index (χ3n) is 6.25.